The molecule has 0 saturated heterocycles. The molecule has 3 unspecified atom stereocenters. The number of H-pyrrole nitrogens is 1. The van der Waals surface area contributed by atoms with E-state index >= 15 is 0 Å². The van der Waals surface area contributed by atoms with Crippen LogP contribution in [0.25, 0.3) is 0 Å². The normalized spacial score (nSPS) is 13.5. The number of phenolic OH excluding ortho intramolecular Hbond substituents is 1. The number of aromatic amines is 1. The molecule has 1 aromatic carbocycles. The molecule has 1 aromatic heterocycles. The zero-order chi connectivity index (χ0) is 23.7. The molecule has 3 amide bonds. The van der Waals surface area contributed by atoms with Gasteiger partial charge in [-0.2, -0.15) is 0 Å². The zero-order valence-electron chi connectivity index (χ0n) is 17.2. The monoisotopic (exact) mass is 446 g/mol. The number of carbonyl (C=O) groups excluding carboxylic acids is 3. The van der Waals surface area contributed by atoms with Gasteiger partial charge >= 0.3 is 5.97 Å². The number of hydrogen-bond acceptors (Lipinski definition) is 7. The highest BCUT2D eigenvalue weighted by atomic mass is 16.4. The van der Waals surface area contributed by atoms with Gasteiger partial charge in [-0.3, -0.25) is 14.4 Å². The Hall–Kier alpha value is -3.93. The van der Waals surface area contributed by atoms with Gasteiger partial charge in [0.2, 0.25) is 17.7 Å². The first kappa shape index (κ1) is 24.3. The number of imidazole rings is 1. The van der Waals surface area contributed by atoms with E-state index in [9.17, 15) is 29.4 Å². The summed E-state index contributed by atoms with van der Waals surface area (Å²) in [5.74, 6) is -3.28. The van der Waals surface area contributed by atoms with Crippen molar-refractivity contribution in [1.29, 1.82) is 0 Å². The summed E-state index contributed by atoms with van der Waals surface area (Å²) < 4.78 is 0. The Morgan fingerprint density at radius 3 is 2.25 bits per heavy atom. The maximum atomic E-state index is 12.9. The third-order valence-corrected chi connectivity index (χ3v) is 4.64. The lowest BCUT2D eigenvalue weighted by Crippen LogP contribution is -2.55. The Kier molecular flexibility index (Phi) is 8.72. The fraction of sp³-hybridized carbons (Fsp3) is 0.350. The van der Waals surface area contributed by atoms with Crippen LogP contribution in [0.3, 0.4) is 0 Å². The number of phenols is 1. The van der Waals surface area contributed by atoms with Crippen molar-refractivity contribution in [3.63, 3.8) is 0 Å². The number of hydrogen-bond donors (Lipinski definition) is 7. The van der Waals surface area contributed by atoms with Crippen molar-refractivity contribution in [2.24, 2.45) is 11.5 Å². The smallest absolute Gasteiger partial charge is 0.326 e. The molecular formula is C20H26N6O6. The minimum Gasteiger partial charge on any atom is -0.508 e. The summed E-state index contributed by atoms with van der Waals surface area (Å²) in [7, 11) is 0. The largest absolute Gasteiger partial charge is 0.508 e. The van der Waals surface area contributed by atoms with Crippen LogP contribution < -0.4 is 22.1 Å². The second kappa shape index (κ2) is 11.5. The lowest BCUT2D eigenvalue weighted by molar-refractivity contribution is -0.142. The van der Waals surface area contributed by atoms with Gasteiger partial charge in [0.1, 0.15) is 17.8 Å². The Labute approximate surface area is 183 Å². The molecule has 1 heterocycles. The molecule has 0 aliphatic rings. The first-order valence-corrected chi connectivity index (χ1v) is 9.78. The van der Waals surface area contributed by atoms with Crippen molar-refractivity contribution in [3.05, 3.63) is 48.0 Å². The Bertz CT molecular complexity index is 931. The van der Waals surface area contributed by atoms with Gasteiger partial charge in [-0.05, 0) is 24.1 Å². The number of aromatic hydroxyl groups is 1. The number of aromatic nitrogens is 2. The minimum atomic E-state index is -1.27. The van der Waals surface area contributed by atoms with Gasteiger partial charge in [-0.25, -0.2) is 9.78 Å². The van der Waals surface area contributed by atoms with Gasteiger partial charge in [-0.1, -0.05) is 12.1 Å². The zero-order valence-corrected chi connectivity index (χ0v) is 17.2. The van der Waals surface area contributed by atoms with Crippen molar-refractivity contribution < 1.29 is 29.4 Å². The third kappa shape index (κ3) is 7.72. The van der Waals surface area contributed by atoms with Crippen LogP contribution in [0.1, 0.15) is 24.1 Å². The van der Waals surface area contributed by atoms with Crippen molar-refractivity contribution in [3.8, 4) is 5.75 Å². The van der Waals surface area contributed by atoms with Crippen LogP contribution in [-0.4, -0.2) is 62.0 Å². The standard InChI is InChI=1S/C20H26N6O6/c21-14(5-6-17(22)28)18(29)25-15(7-11-1-3-13(27)4-2-11)19(30)26-16(20(31)32)8-12-9-23-10-24-12/h1-4,9-10,14-16,27H,5-8,21H2,(H2,22,28)(H,23,24)(H,25,29)(H,26,30)(H,31,32). The molecule has 2 aromatic rings. The molecule has 2 rings (SSSR count). The number of nitrogens with one attached hydrogen (secondary N) is 3. The van der Waals surface area contributed by atoms with Crippen molar-refractivity contribution in [2.45, 2.75) is 43.8 Å². The molecule has 32 heavy (non-hydrogen) atoms. The second-order valence-electron chi connectivity index (χ2n) is 7.22. The number of carbonyl (C=O) groups is 4. The summed E-state index contributed by atoms with van der Waals surface area (Å²) in [6.45, 7) is 0. The SMILES string of the molecule is NC(=O)CCC(N)C(=O)NC(Cc1ccc(O)cc1)C(=O)NC(Cc1cnc[nH]1)C(=O)O. The molecule has 172 valence electrons. The molecule has 0 spiro atoms. The number of carboxylic acid groups (broad SMARTS) is 1. The van der Waals surface area contributed by atoms with Gasteiger partial charge in [0, 0.05) is 31.2 Å². The summed E-state index contributed by atoms with van der Waals surface area (Å²) in [4.78, 5) is 54.5. The first-order chi connectivity index (χ1) is 15.2. The minimum absolute atomic E-state index is 0.00765. The average Bonchev–Trinajstić information content (AvgIpc) is 3.25. The second-order valence-corrected chi connectivity index (χ2v) is 7.22. The average molecular weight is 446 g/mol. The third-order valence-electron chi connectivity index (χ3n) is 4.64. The van der Waals surface area contributed by atoms with Crippen molar-refractivity contribution in [1.82, 2.24) is 20.6 Å². The van der Waals surface area contributed by atoms with Crippen LogP contribution in [0.2, 0.25) is 0 Å². The quantitative estimate of drug-likeness (QED) is 0.204. The molecule has 0 aliphatic carbocycles. The Morgan fingerprint density at radius 2 is 1.69 bits per heavy atom. The predicted molar refractivity (Wildman–Crippen MR) is 112 cm³/mol. The molecule has 12 heteroatoms. The fourth-order valence-corrected chi connectivity index (χ4v) is 2.87. The van der Waals surface area contributed by atoms with Crippen LogP contribution >= 0.6 is 0 Å². The number of benzene rings is 1. The van der Waals surface area contributed by atoms with Gasteiger partial charge in [0.05, 0.1) is 12.4 Å². The van der Waals surface area contributed by atoms with Crippen molar-refractivity contribution >= 4 is 23.7 Å². The maximum absolute atomic E-state index is 12.9. The summed E-state index contributed by atoms with van der Waals surface area (Å²) >= 11 is 0. The number of amides is 3. The topological polar surface area (TPSA) is 214 Å². The lowest BCUT2D eigenvalue weighted by Gasteiger charge is -2.23. The van der Waals surface area contributed by atoms with E-state index in [1.54, 1.807) is 12.1 Å². The number of carboxylic acids is 1. The van der Waals surface area contributed by atoms with E-state index in [-0.39, 0.29) is 31.4 Å². The van der Waals surface area contributed by atoms with Gasteiger partial charge in [0.25, 0.3) is 0 Å². The van der Waals surface area contributed by atoms with Gasteiger partial charge in [0.15, 0.2) is 0 Å². The van der Waals surface area contributed by atoms with E-state index in [0.717, 1.165) is 0 Å². The molecule has 9 N–H and O–H groups in total. The highest BCUT2D eigenvalue weighted by Crippen LogP contribution is 2.12. The molecule has 3 atom stereocenters. The molecule has 0 radical (unpaired) electrons. The first-order valence-electron chi connectivity index (χ1n) is 9.78. The summed E-state index contributed by atoms with van der Waals surface area (Å²) in [5.41, 5.74) is 12.0. The van der Waals surface area contributed by atoms with E-state index in [4.69, 9.17) is 11.5 Å². The number of primary amides is 1. The molecule has 0 aliphatic heterocycles. The lowest BCUT2D eigenvalue weighted by atomic mass is 10.0. The number of rotatable bonds is 12. The number of aliphatic carboxylic acids is 1. The van der Waals surface area contributed by atoms with E-state index in [0.29, 0.717) is 11.3 Å². The number of nitrogens with zero attached hydrogens (tertiary/aromatic N) is 1. The summed E-state index contributed by atoms with van der Waals surface area (Å²) in [5, 5.41) is 23.9. The summed E-state index contributed by atoms with van der Waals surface area (Å²) in [6.07, 6.45) is 2.68. The molecule has 0 bridgehead atoms. The summed E-state index contributed by atoms with van der Waals surface area (Å²) in [6, 6.07) is 2.45. The van der Waals surface area contributed by atoms with Gasteiger partial charge in [-0.15, -0.1) is 0 Å². The molecule has 12 nitrogen and oxygen atoms in total. The Morgan fingerprint density at radius 1 is 1.03 bits per heavy atom. The van der Waals surface area contributed by atoms with Crippen LogP contribution in [0.4, 0.5) is 0 Å². The fourth-order valence-electron chi connectivity index (χ4n) is 2.87. The van der Waals surface area contributed by atoms with E-state index in [1.165, 1.54) is 24.7 Å². The Balaban J connectivity index is 2.14. The van der Waals surface area contributed by atoms with E-state index < -0.39 is 41.8 Å². The van der Waals surface area contributed by atoms with E-state index in [2.05, 4.69) is 20.6 Å². The van der Waals surface area contributed by atoms with Crippen LogP contribution in [0, 0.1) is 0 Å². The molecule has 0 fully saturated rings. The molecular weight excluding hydrogens is 420 g/mol. The number of nitrogens with two attached hydrogens (primary N) is 2. The predicted octanol–water partition coefficient (Wildman–Crippen LogP) is -1.45. The van der Waals surface area contributed by atoms with Crippen LogP contribution in [0.5, 0.6) is 5.75 Å². The maximum Gasteiger partial charge on any atom is 0.326 e. The van der Waals surface area contributed by atoms with E-state index in [1.807, 2.05) is 0 Å². The van der Waals surface area contributed by atoms with Crippen LogP contribution in [0.15, 0.2) is 36.8 Å². The van der Waals surface area contributed by atoms with Gasteiger partial charge < -0.3 is 37.3 Å². The highest BCUT2D eigenvalue weighted by molar-refractivity contribution is 5.92. The van der Waals surface area contributed by atoms with Crippen molar-refractivity contribution in [2.75, 3.05) is 0 Å². The highest BCUT2D eigenvalue weighted by Gasteiger charge is 2.28. The van der Waals surface area contributed by atoms with Crippen LogP contribution in [-0.2, 0) is 32.0 Å². The molecule has 0 saturated carbocycles.